The largest absolute Gasteiger partial charge is 0.394 e. The number of fused-ring (bicyclic) bond motifs is 1. The molecule has 230 valence electrons. The lowest BCUT2D eigenvalue weighted by molar-refractivity contribution is -0.149. The second kappa shape index (κ2) is 11.8. The highest BCUT2D eigenvalue weighted by molar-refractivity contribution is 8.02. The van der Waals surface area contributed by atoms with Gasteiger partial charge in [0.05, 0.1) is 29.2 Å². The molecule has 3 heterocycles. The van der Waals surface area contributed by atoms with Gasteiger partial charge in [0.1, 0.15) is 6.04 Å². The lowest BCUT2D eigenvalue weighted by atomic mass is 9.65. The van der Waals surface area contributed by atoms with E-state index >= 15 is 4.79 Å². The summed E-state index contributed by atoms with van der Waals surface area (Å²) in [5.41, 5.74) is 0.192. The Bertz CT molecular complexity index is 1210. The number of carbonyl (C=O) groups is 3. The standard InChI is InChI=1S/C34H49N3O4S/c1-10-17-35(9)29(39)26-25-19-22(3)34(42-25)27(26)30(40)37(24(20-38)23-15-13-12-14-16-23)28(34)31(41)36(18-11-2)33(7,8)21-32(4,5)6/h10-16,22,24-28,38H,1-2,17-21H2,3-9H3/t22?,24-,25+,26-,27+,28?,34?/m1/s1. The number of likely N-dealkylation sites (N-methyl/N-ethyl adjacent to an activating group) is 1. The number of nitrogens with zero attached hydrogens (tertiary/aromatic N) is 3. The van der Waals surface area contributed by atoms with Gasteiger partial charge in [0.2, 0.25) is 17.7 Å². The van der Waals surface area contributed by atoms with Crippen LogP contribution in [0, 0.1) is 23.2 Å². The van der Waals surface area contributed by atoms with E-state index in [-0.39, 0.29) is 40.9 Å². The fourth-order valence-electron chi connectivity index (χ4n) is 8.23. The van der Waals surface area contributed by atoms with E-state index in [9.17, 15) is 14.7 Å². The summed E-state index contributed by atoms with van der Waals surface area (Å²) in [5.74, 6) is -1.59. The van der Waals surface area contributed by atoms with Crippen LogP contribution in [0.2, 0.25) is 0 Å². The Hall–Kier alpha value is -2.58. The Morgan fingerprint density at radius 3 is 2.29 bits per heavy atom. The van der Waals surface area contributed by atoms with Crippen molar-refractivity contribution in [3.8, 4) is 0 Å². The van der Waals surface area contributed by atoms with Gasteiger partial charge in [0, 0.05) is 30.9 Å². The number of rotatable bonds is 11. The van der Waals surface area contributed by atoms with Crippen molar-refractivity contribution < 1.29 is 19.5 Å². The lowest BCUT2D eigenvalue weighted by Crippen LogP contribution is -2.62. The Labute approximate surface area is 256 Å². The molecule has 3 saturated heterocycles. The summed E-state index contributed by atoms with van der Waals surface area (Å²) < 4.78 is -0.784. The number of aliphatic hydroxyl groups excluding tert-OH is 1. The van der Waals surface area contributed by atoms with Gasteiger partial charge in [0.25, 0.3) is 0 Å². The number of amides is 3. The summed E-state index contributed by atoms with van der Waals surface area (Å²) in [5, 5.41) is 10.8. The molecule has 0 saturated carbocycles. The summed E-state index contributed by atoms with van der Waals surface area (Å²) in [6.45, 7) is 20.9. The summed E-state index contributed by atoms with van der Waals surface area (Å²) in [6.07, 6.45) is 4.94. The summed E-state index contributed by atoms with van der Waals surface area (Å²) in [6, 6.07) is 7.89. The topological polar surface area (TPSA) is 81.2 Å². The zero-order valence-corrected chi connectivity index (χ0v) is 27.2. The van der Waals surface area contributed by atoms with Gasteiger partial charge in [-0.05, 0) is 43.6 Å². The van der Waals surface area contributed by atoms with E-state index in [1.54, 1.807) is 40.8 Å². The third-order valence-corrected chi connectivity index (χ3v) is 11.5. The number of aliphatic hydroxyl groups is 1. The van der Waals surface area contributed by atoms with Crippen LogP contribution in [0.5, 0.6) is 0 Å². The van der Waals surface area contributed by atoms with Crippen LogP contribution in [-0.4, -0.2) is 85.8 Å². The van der Waals surface area contributed by atoms with E-state index in [1.807, 2.05) is 35.2 Å². The third-order valence-electron chi connectivity index (χ3n) is 9.45. The zero-order valence-electron chi connectivity index (χ0n) is 26.4. The molecule has 7 nitrogen and oxygen atoms in total. The summed E-state index contributed by atoms with van der Waals surface area (Å²) >= 11 is 1.67. The summed E-state index contributed by atoms with van der Waals surface area (Å²) in [7, 11) is 1.75. The monoisotopic (exact) mass is 595 g/mol. The third kappa shape index (κ3) is 5.34. The first kappa shape index (κ1) is 32.3. The number of hydrogen-bond acceptors (Lipinski definition) is 5. The van der Waals surface area contributed by atoms with Gasteiger partial charge < -0.3 is 19.8 Å². The Morgan fingerprint density at radius 1 is 1.12 bits per heavy atom. The molecule has 4 rings (SSSR count). The van der Waals surface area contributed by atoms with Gasteiger partial charge in [-0.3, -0.25) is 14.4 Å². The fraction of sp³-hybridized carbons (Fsp3) is 0.618. The maximum atomic E-state index is 15.1. The van der Waals surface area contributed by atoms with Crippen LogP contribution in [0.1, 0.15) is 66.0 Å². The van der Waals surface area contributed by atoms with Crippen molar-refractivity contribution in [2.75, 3.05) is 26.7 Å². The number of benzene rings is 1. The lowest BCUT2D eigenvalue weighted by Gasteiger charge is -2.47. The second-order valence-electron chi connectivity index (χ2n) is 14.2. The van der Waals surface area contributed by atoms with Crippen molar-refractivity contribution >= 4 is 29.5 Å². The van der Waals surface area contributed by atoms with Gasteiger partial charge in [-0.1, -0.05) is 70.2 Å². The average Bonchev–Trinajstić information content (AvgIpc) is 3.50. The molecule has 8 heteroatoms. The van der Waals surface area contributed by atoms with Gasteiger partial charge in [-0.2, -0.15) is 0 Å². The van der Waals surface area contributed by atoms with E-state index in [4.69, 9.17) is 0 Å². The molecular formula is C34H49N3O4S. The highest BCUT2D eigenvalue weighted by atomic mass is 32.2. The first-order valence-electron chi connectivity index (χ1n) is 15.1. The first-order chi connectivity index (χ1) is 19.7. The maximum Gasteiger partial charge on any atom is 0.247 e. The van der Waals surface area contributed by atoms with E-state index in [2.05, 4.69) is 54.7 Å². The van der Waals surface area contributed by atoms with E-state index in [1.165, 1.54) is 0 Å². The van der Waals surface area contributed by atoms with E-state index in [0.29, 0.717) is 13.1 Å². The molecule has 0 radical (unpaired) electrons. The molecule has 0 aliphatic carbocycles. The molecule has 1 spiro atoms. The van der Waals surface area contributed by atoms with Crippen molar-refractivity contribution in [3.05, 3.63) is 61.2 Å². The number of thioether (sulfide) groups is 1. The minimum absolute atomic E-state index is 0.0283. The van der Waals surface area contributed by atoms with Gasteiger partial charge in [-0.15, -0.1) is 24.9 Å². The van der Waals surface area contributed by atoms with Crippen LogP contribution >= 0.6 is 11.8 Å². The van der Waals surface area contributed by atoms with Crippen LogP contribution in [0.4, 0.5) is 0 Å². The SMILES string of the molecule is C=CCN(C)C(=O)[C@@H]1[C@@H]2CC(C)C3(S2)C(C(=O)N(CC=C)C(C)(C)CC(C)(C)C)N([C@H](CO)c2ccccc2)C(=O)[C@H]13. The number of carbonyl (C=O) groups excluding carboxylic acids is 3. The minimum atomic E-state index is -0.834. The molecule has 42 heavy (non-hydrogen) atoms. The van der Waals surface area contributed by atoms with Crippen molar-refractivity contribution in [2.24, 2.45) is 23.2 Å². The fourth-order valence-corrected chi connectivity index (χ4v) is 10.6. The van der Waals surface area contributed by atoms with Crippen molar-refractivity contribution in [1.29, 1.82) is 0 Å². The van der Waals surface area contributed by atoms with Crippen molar-refractivity contribution in [3.63, 3.8) is 0 Å². The molecule has 1 aromatic rings. The van der Waals surface area contributed by atoms with Crippen LogP contribution in [0.15, 0.2) is 55.6 Å². The Balaban J connectivity index is 1.90. The Kier molecular flexibility index (Phi) is 9.11. The second-order valence-corrected chi connectivity index (χ2v) is 15.8. The van der Waals surface area contributed by atoms with Crippen LogP contribution < -0.4 is 0 Å². The van der Waals surface area contributed by atoms with Gasteiger partial charge in [-0.25, -0.2) is 0 Å². The minimum Gasteiger partial charge on any atom is -0.394 e. The van der Waals surface area contributed by atoms with Crippen LogP contribution in [0.25, 0.3) is 0 Å². The quantitative estimate of drug-likeness (QED) is 0.367. The summed E-state index contributed by atoms with van der Waals surface area (Å²) in [4.78, 5) is 49.0. The van der Waals surface area contributed by atoms with E-state index in [0.717, 1.165) is 18.4 Å². The molecule has 0 aromatic heterocycles. The number of likely N-dealkylation sites (tertiary alicyclic amines) is 1. The molecule has 1 N–H and O–H groups in total. The highest BCUT2D eigenvalue weighted by Gasteiger charge is 2.77. The number of hydrogen-bond donors (Lipinski definition) is 1. The molecule has 1 aromatic carbocycles. The molecule has 3 aliphatic heterocycles. The Morgan fingerprint density at radius 2 is 1.74 bits per heavy atom. The van der Waals surface area contributed by atoms with E-state index < -0.39 is 34.2 Å². The predicted molar refractivity (Wildman–Crippen MR) is 170 cm³/mol. The predicted octanol–water partition coefficient (Wildman–Crippen LogP) is 4.93. The maximum absolute atomic E-state index is 15.1. The van der Waals surface area contributed by atoms with Gasteiger partial charge in [0.15, 0.2) is 0 Å². The smallest absolute Gasteiger partial charge is 0.247 e. The van der Waals surface area contributed by atoms with Crippen LogP contribution in [0.3, 0.4) is 0 Å². The molecule has 7 atom stereocenters. The molecule has 3 amide bonds. The van der Waals surface area contributed by atoms with Gasteiger partial charge >= 0.3 is 0 Å². The first-order valence-corrected chi connectivity index (χ1v) is 16.0. The van der Waals surface area contributed by atoms with Crippen LogP contribution in [-0.2, 0) is 14.4 Å². The molecular weight excluding hydrogens is 546 g/mol. The molecule has 3 aliphatic rings. The molecule has 3 unspecified atom stereocenters. The molecule has 2 bridgehead atoms. The normalized spacial score (nSPS) is 29.3. The average molecular weight is 596 g/mol. The zero-order chi connectivity index (χ0) is 31.2. The highest BCUT2D eigenvalue weighted by Crippen LogP contribution is 2.69. The van der Waals surface area contributed by atoms with Crippen molar-refractivity contribution in [2.45, 2.75) is 82.0 Å². The van der Waals surface area contributed by atoms with Crippen molar-refractivity contribution in [1.82, 2.24) is 14.7 Å². The molecule has 3 fully saturated rings.